The molecule has 3 amide bonds. The maximum absolute atomic E-state index is 13.1. The maximum Gasteiger partial charge on any atom is 0.319 e. The second-order valence-corrected chi connectivity index (χ2v) is 9.13. The molecule has 1 heterocycles. The lowest BCUT2D eigenvalue weighted by atomic mass is 9.92. The highest BCUT2D eigenvalue weighted by molar-refractivity contribution is 6.00. The number of carbonyl (C=O) groups excluding carboxylic acids is 2. The highest BCUT2D eigenvalue weighted by Crippen LogP contribution is 2.38. The van der Waals surface area contributed by atoms with Crippen LogP contribution in [0.2, 0.25) is 0 Å². The van der Waals surface area contributed by atoms with Gasteiger partial charge in [0.25, 0.3) is 0 Å². The Morgan fingerprint density at radius 2 is 1.90 bits per heavy atom. The second-order valence-electron chi connectivity index (χ2n) is 9.13. The smallest absolute Gasteiger partial charge is 0.319 e. The number of benzene rings is 2. The lowest BCUT2D eigenvalue weighted by Gasteiger charge is -2.29. The van der Waals surface area contributed by atoms with Crippen LogP contribution in [0.3, 0.4) is 0 Å². The van der Waals surface area contributed by atoms with Crippen molar-refractivity contribution >= 4 is 23.3 Å². The van der Waals surface area contributed by atoms with E-state index >= 15 is 0 Å². The molecule has 6 heteroatoms. The molecule has 0 bridgehead atoms. The number of anilines is 2. The van der Waals surface area contributed by atoms with Gasteiger partial charge in [0.05, 0.1) is 11.1 Å². The standard InChI is InChI=1S/C25H33N3O3/c1-18(2)16-28-21-15-20(12-13-22(21)31-17-25(3,4)23(28)29)27-24(30)26-14-8-11-19-9-6-5-7-10-19/h5-7,9-10,12-13,15,18H,8,11,14,16-17H2,1-4H3,(H2,26,27,30). The van der Waals surface area contributed by atoms with Gasteiger partial charge in [-0.05, 0) is 56.4 Å². The van der Waals surface area contributed by atoms with Crippen LogP contribution in [-0.2, 0) is 11.2 Å². The lowest BCUT2D eigenvalue weighted by molar-refractivity contribution is -0.127. The normalized spacial score (nSPS) is 15.1. The van der Waals surface area contributed by atoms with Crippen molar-refractivity contribution in [1.29, 1.82) is 0 Å². The Labute approximate surface area is 185 Å². The third-order valence-electron chi connectivity index (χ3n) is 5.24. The van der Waals surface area contributed by atoms with Crippen LogP contribution in [0.5, 0.6) is 5.75 Å². The van der Waals surface area contributed by atoms with Gasteiger partial charge < -0.3 is 20.3 Å². The molecule has 31 heavy (non-hydrogen) atoms. The van der Waals surface area contributed by atoms with Crippen molar-refractivity contribution < 1.29 is 14.3 Å². The summed E-state index contributed by atoms with van der Waals surface area (Å²) >= 11 is 0. The number of urea groups is 1. The molecule has 2 aromatic carbocycles. The predicted molar refractivity (Wildman–Crippen MR) is 125 cm³/mol. The van der Waals surface area contributed by atoms with Crippen LogP contribution >= 0.6 is 0 Å². The van der Waals surface area contributed by atoms with Gasteiger partial charge in [0.1, 0.15) is 12.4 Å². The fraction of sp³-hybridized carbons (Fsp3) is 0.440. The van der Waals surface area contributed by atoms with Gasteiger partial charge in [0.2, 0.25) is 5.91 Å². The topological polar surface area (TPSA) is 70.7 Å². The van der Waals surface area contributed by atoms with Crippen molar-refractivity contribution in [3.63, 3.8) is 0 Å². The van der Waals surface area contributed by atoms with Gasteiger partial charge >= 0.3 is 6.03 Å². The number of nitrogens with one attached hydrogen (secondary N) is 2. The molecule has 6 nitrogen and oxygen atoms in total. The Morgan fingerprint density at radius 3 is 2.61 bits per heavy atom. The SMILES string of the molecule is CC(C)CN1C(=O)C(C)(C)COc2ccc(NC(=O)NCCCc3ccccc3)cc21. The van der Waals surface area contributed by atoms with E-state index < -0.39 is 5.41 Å². The summed E-state index contributed by atoms with van der Waals surface area (Å²) in [5.74, 6) is 0.992. The maximum atomic E-state index is 13.1. The van der Waals surface area contributed by atoms with E-state index in [0.29, 0.717) is 42.7 Å². The van der Waals surface area contributed by atoms with Gasteiger partial charge in [0, 0.05) is 18.8 Å². The fourth-order valence-electron chi connectivity index (χ4n) is 3.58. The molecule has 0 fully saturated rings. The van der Waals surface area contributed by atoms with Crippen molar-refractivity contribution in [3.05, 3.63) is 54.1 Å². The first-order valence-electron chi connectivity index (χ1n) is 10.9. The quantitative estimate of drug-likeness (QED) is 0.626. The van der Waals surface area contributed by atoms with Crippen LogP contribution in [0, 0.1) is 11.3 Å². The van der Waals surface area contributed by atoms with Crippen LogP contribution in [0.1, 0.15) is 39.7 Å². The van der Waals surface area contributed by atoms with E-state index in [-0.39, 0.29) is 11.9 Å². The van der Waals surface area contributed by atoms with Crippen molar-refractivity contribution in [2.75, 3.05) is 29.9 Å². The van der Waals surface area contributed by atoms with Crippen LogP contribution < -0.4 is 20.3 Å². The summed E-state index contributed by atoms with van der Waals surface area (Å²) < 4.78 is 5.94. The Hall–Kier alpha value is -3.02. The summed E-state index contributed by atoms with van der Waals surface area (Å²) in [6.07, 6.45) is 1.78. The van der Waals surface area contributed by atoms with E-state index in [2.05, 4.69) is 36.6 Å². The first-order chi connectivity index (χ1) is 14.8. The average molecular weight is 424 g/mol. The summed E-state index contributed by atoms with van der Waals surface area (Å²) in [5, 5.41) is 5.77. The Morgan fingerprint density at radius 1 is 1.16 bits per heavy atom. The Balaban J connectivity index is 1.64. The second kappa shape index (κ2) is 9.86. The molecule has 1 aliphatic heterocycles. The van der Waals surface area contributed by atoms with Crippen molar-refractivity contribution in [1.82, 2.24) is 5.32 Å². The molecule has 2 N–H and O–H groups in total. The van der Waals surface area contributed by atoms with E-state index in [1.807, 2.05) is 44.2 Å². The number of hydrogen-bond donors (Lipinski definition) is 2. The monoisotopic (exact) mass is 423 g/mol. The van der Waals surface area contributed by atoms with Crippen LogP contribution in [-0.4, -0.2) is 31.6 Å². The van der Waals surface area contributed by atoms with E-state index in [4.69, 9.17) is 4.74 Å². The molecular formula is C25H33N3O3. The molecule has 0 spiro atoms. The van der Waals surface area contributed by atoms with Crippen molar-refractivity contribution in [3.8, 4) is 5.75 Å². The van der Waals surface area contributed by atoms with Crippen LogP contribution in [0.25, 0.3) is 0 Å². The average Bonchev–Trinajstić information content (AvgIpc) is 2.82. The molecule has 0 aromatic heterocycles. The molecule has 0 aliphatic carbocycles. The minimum atomic E-state index is -0.613. The van der Waals surface area contributed by atoms with Gasteiger partial charge in [-0.2, -0.15) is 0 Å². The summed E-state index contributed by atoms with van der Waals surface area (Å²) in [6, 6.07) is 15.4. The first kappa shape index (κ1) is 22.7. The highest BCUT2D eigenvalue weighted by Gasteiger charge is 2.38. The van der Waals surface area contributed by atoms with E-state index in [1.54, 1.807) is 11.0 Å². The van der Waals surface area contributed by atoms with E-state index in [0.717, 1.165) is 12.8 Å². The number of amides is 3. The molecule has 0 saturated heterocycles. The van der Waals surface area contributed by atoms with Crippen LogP contribution in [0.4, 0.5) is 16.2 Å². The fourth-order valence-corrected chi connectivity index (χ4v) is 3.58. The van der Waals surface area contributed by atoms with Crippen LogP contribution in [0.15, 0.2) is 48.5 Å². The van der Waals surface area contributed by atoms with Gasteiger partial charge in [-0.1, -0.05) is 44.2 Å². The minimum Gasteiger partial charge on any atom is -0.490 e. The largest absolute Gasteiger partial charge is 0.490 e. The Bertz CT molecular complexity index is 909. The summed E-state index contributed by atoms with van der Waals surface area (Å²) in [4.78, 5) is 27.3. The molecule has 0 saturated carbocycles. The third kappa shape index (κ3) is 6.00. The van der Waals surface area contributed by atoms with Gasteiger partial charge in [0.15, 0.2) is 0 Å². The molecule has 0 atom stereocenters. The van der Waals surface area contributed by atoms with Crippen molar-refractivity contribution in [2.24, 2.45) is 11.3 Å². The number of nitrogens with zero attached hydrogens (tertiary/aromatic N) is 1. The zero-order valence-corrected chi connectivity index (χ0v) is 18.9. The minimum absolute atomic E-state index is 0.0301. The third-order valence-corrected chi connectivity index (χ3v) is 5.24. The summed E-state index contributed by atoms with van der Waals surface area (Å²) in [6.45, 7) is 9.46. The molecule has 2 aromatic rings. The van der Waals surface area contributed by atoms with E-state index in [1.165, 1.54) is 5.56 Å². The van der Waals surface area contributed by atoms with Crippen molar-refractivity contribution in [2.45, 2.75) is 40.5 Å². The number of hydrogen-bond acceptors (Lipinski definition) is 3. The summed E-state index contributed by atoms with van der Waals surface area (Å²) in [5.41, 5.74) is 1.97. The van der Waals surface area contributed by atoms with Gasteiger partial charge in [-0.15, -0.1) is 0 Å². The molecule has 1 aliphatic rings. The zero-order chi connectivity index (χ0) is 22.4. The molecule has 3 rings (SSSR count). The molecule has 166 valence electrons. The molecule has 0 radical (unpaired) electrons. The predicted octanol–water partition coefficient (Wildman–Crippen LogP) is 4.85. The highest BCUT2D eigenvalue weighted by atomic mass is 16.5. The zero-order valence-electron chi connectivity index (χ0n) is 18.9. The van der Waals surface area contributed by atoms with Gasteiger partial charge in [-0.3, -0.25) is 4.79 Å². The van der Waals surface area contributed by atoms with Gasteiger partial charge in [-0.25, -0.2) is 4.79 Å². The molecule has 0 unspecified atom stereocenters. The number of aryl methyl sites for hydroxylation is 1. The number of ether oxygens (including phenoxy) is 1. The number of carbonyl (C=O) groups is 2. The Kier molecular flexibility index (Phi) is 7.21. The first-order valence-corrected chi connectivity index (χ1v) is 10.9. The lowest BCUT2D eigenvalue weighted by Crippen LogP contribution is -2.43. The molecular weight excluding hydrogens is 390 g/mol. The summed E-state index contributed by atoms with van der Waals surface area (Å²) in [7, 11) is 0. The van der Waals surface area contributed by atoms with E-state index in [9.17, 15) is 9.59 Å². The number of fused-ring (bicyclic) bond motifs is 1. The number of rotatable bonds is 7.